The van der Waals surface area contributed by atoms with Crippen LogP contribution in [-0.2, 0) is 16.1 Å². The van der Waals surface area contributed by atoms with Gasteiger partial charge in [0.05, 0.1) is 5.92 Å². The Bertz CT molecular complexity index is 597. The molecule has 1 aromatic rings. The lowest BCUT2D eigenvalue weighted by Crippen LogP contribution is -2.47. The first kappa shape index (κ1) is 14.7. The average Bonchev–Trinajstić information content (AvgIpc) is 2.80. The summed E-state index contributed by atoms with van der Waals surface area (Å²) in [5.74, 6) is 0.767. The SMILES string of the molecule is O=C(C1CCC1)N1C[C@@H]2CC[C@H](C1)N(Cc1ccccc1)C2=O. The van der Waals surface area contributed by atoms with Crippen LogP contribution < -0.4 is 0 Å². The summed E-state index contributed by atoms with van der Waals surface area (Å²) in [6, 6.07) is 10.4. The first-order valence-electron chi connectivity index (χ1n) is 8.85. The van der Waals surface area contributed by atoms with E-state index in [1.165, 1.54) is 12.0 Å². The Kier molecular flexibility index (Phi) is 3.83. The van der Waals surface area contributed by atoms with Gasteiger partial charge in [-0.2, -0.15) is 0 Å². The molecule has 0 spiro atoms. The van der Waals surface area contributed by atoms with Gasteiger partial charge in [-0.1, -0.05) is 36.8 Å². The summed E-state index contributed by atoms with van der Waals surface area (Å²) < 4.78 is 0. The number of fused-ring (bicyclic) bond motifs is 4. The molecule has 1 saturated carbocycles. The van der Waals surface area contributed by atoms with E-state index in [0.29, 0.717) is 19.0 Å². The number of hydrogen-bond acceptors (Lipinski definition) is 2. The van der Waals surface area contributed by atoms with Crippen molar-refractivity contribution in [3.8, 4) is 0 Å². The summed E-state index contributed by atoms with van der Waals surface area (Å²) in [6.45, 7) is 2.03. The molecule has 0 radical (unpaired) electrons. The molecule has 0 aromatic heterocycles. The summed E-state index contributed by atoms with van der Waals surface area (Å²) in [4.78, 5) is 29.5. The topological polar surface area (TPSA) is 40.6 Å². The number of piperidine rings is 1. The maximum atomic E-state index is 12.8. The van der Waals surface area contributed by atoms with E-state index in [1.807, 2.05) is 28.0 Å². The molecular formula is C19H24N2O2. The summed E-state index contributed by atoms with van der Waals surface area (Å²) >= 11 is 0. The van der Waals surface area contributed by atoms with Gasteiger partial charge in [0.1, 0.15) is 0 Å². The molecule has 23 heavy (non-hydrogen) atoms. The molecule has 0 N–H and O–H groups in total. The van der Waals surface area contributed by atoms with E-state index in [0.717, 1.165) is 32.2 Å². The number of amides is 2. The van der Waals surface area contributed by atoms with Gasteiger partial charge in [0.25, 0.3) is 0 Å². The van der Waals surface area contributed by atoms with Crippen molar-refractivity contribution in [1.82, 2.24) is 9.80 Å². The van der Waals surface area contributed by atoms with Crippen LogP contribution in [0, 0.1) is 11.8 Å². The molecule has 4 heteroatoms. The molecule has 4 fully saturated rings. The maximum absolute atomic E-state index is 12.8. The van der Waals surface area contributed by atoms with Gasteiger partial charge in [-0.25, -0.2) is 0 Å². The van der Waals surface area contributed by atoms with Crippen LogP contribution >= 0.6 is 0 Å². The first-order chi connectivity index (χ1) is 11.2. The van der Waals surface area contributed by atoms with E-state index in [-0.39, 0.29) is 23.8 Å². The fourth-order valence-corrected chi connectivity index (χ4v) is 4.12. The molecule has 3 saturated heterocycles. The largest absolute Gasteiger partial charge is 0.340 e. The lowest BCUT2D eigenvalue weighted by Gasteiger charge is -2.36. The van der Waals surface area contributed by atoms with Crippen molar-refractivity contribution < 1.29 is 9.59 Å². The van der Waals surface area contributed by atoms with Gasteiger partial charge >= 0.3 is 0 Å². The molecule has 1 aromatic carbocycles. The maximum Gasteiger partial charge on any atom is 0.228 e. The van der Waals surface area contributed by atoms with E-state index in [2.05, 4.69) is 12.1 Å². The fourth-order valence-electron chi connectivity index (χ4n) is 4.12. The summed E-state index contributed by atoms with van der Waals surface area (Å²) in [5, 5.41) is 0. The van der Waals surface area contributed by atoms with Crippen molar-refractivity contribution in [2.45, 2.75) is 44.7 Å². The highest BCUT2D eigenvalue weighted by Crippen LogP contribution is 2.34. The zero-order chi connectivity index (χ0) is 15.8. The summed E-state index contributed by atoms with van der Waals surface area (Å²) in [7, 11) is 0. The lowest BCUT2D eigenvalue weighted by molar-refractivity contribution is -0.140. The van der Waals surface area contributed by atoms with E-state index >= 15 is 0 Å². The van der Waals surface area contributed by atoms with Gasteiger partial charge in [-0.15, -0.1) is 0 Å². The molecule has 2 atom stereocenters. The van der Waals surface area contributed by atoms with E-state index < -0.39 is 0 Å². The molecule has 1 aliphatic carbocycles. The minimum Gasteiger partial charge on any atom is -0.340 e. The van der Waals surface area contributed by atoms with Gasteiger partial charge in [-0.05, 0) is 31.2 Å². The Morgan fingerprint density at radius 2 is 1.83 bits per heavy atom. The molecule has 4 aliphatic rings. The van der Waals surface area contributed by atoms with Gasteiger partial charge in [0, 0.05) is 31.6 Å². The lowest BCUT2D eigenvalue weighted by atomic mass is 9.84. The predicted octanol–water partition coefficient (Wildman–Crippen LogP) is 2.44. The summed E-state index contributed by atoms with van der Waals surface area (Å²) in [5.41, 5.74) is 1.17. The normalized spacial score (nSPS) is 27.7. The van der Waals surface area contributed by atoms with Crippen LogP contribution in [0.2, 0.25) is 0 Å². The molecule has 4 nitrogen and oxygen atoms in total. The second-order valence-corrected chi connectivity index (χ2v) is 7.25. The average molecular weight is 312 g/mol. The molecule has 2 bridgehead atoms. The van der Waals surface area contributed by atoms with Crippen molar-refractivity contribution in [3.05, 3.63) is 35.9 Å². The van der Waals surface area contributed by atoms with Crippen molar-refractivity contribution in [2.24, 2.45) is 11.8 Å². The van der Waals surface area contributed by atoms with Crippen molar-refractivity contribution in [2.75, 3.05) is 13.1 Å². The molecule has 3 aliphatic heterocycles. The Morgan fingerprint density at radius 1 is 1.04 bits per heavy atom. The smallest absolute Gasteiger partial charge is 0.228 e. The molecular weight excluding hydrogens is 288 g/mol. The van der Waals surface area contributed by atoms with Crippen LogP contribution in [0.25, 0.3) is 0 Å². The molecule has 0 unspecified atom stereocenters. The zero-order valence-corrected chi connectivity index (χ0v) is 13.5. The minimum atomic E-state index is 0.00138. The van der Waals surface area contributed by atoms with Crippen LogP contribution in [0.1, 0.15) is 37.7 Å². The third-order valence-electron chi connectivity index (χ3n) is 5.76. The number of carbonyl (C=O) groups excluding carboxylic acids is 2. The zero-order valence-electron chi connectivity index (χ0n) is 13.5. The molecule has 3 heterocycles. The fraction of sp³-hybridized carbons (Fsp3) is 0.579. The number of hydrogen-bond donors (Lipinski definition) is 0. The second-order valence-electron chi connectivity index (χ2n) is 7.25. The van der Waals surface area contributed by atoms with Crippen molar-refractivity contribution >= 4 is 11.8 Å². The Morgan fingerprint density at radius 3 is 2.52 bits per heavy atom. The van der Waals surface area contributed by atoms with E-state index in [9.17, 15) is 9.59 Å². The van der Waals surface area contributed by atoms with Crippen LogP contribution in [0.3, 0.4) is 0 Å². The quantitative estimate of drug-likeness (QED) is 0.860. The van der Waals surface area contributed by atoms with Gasteiger partial charge in [0.15, 0.2) is 0 Å². The van der Waals surface area contributed by atoms with E-state index in [1.54, 1.807) is 0 Å². The number of benzene rings is 1. The minimum absolute atomic E-state index is 0.00138. The highest BCUT2D eigenvalue weighted by molar-refractivity contribution is 5.84. The molecule has 2 amide bonds. The predicted molar refractivity (Wildman–Crippen MR) is 87.4 cm³/mol. The standard InChI is InChI=1S/C19H24N2O2/c22-18(15-7-4-8-15)20-12-16-9-10-17(13-20)21(19(16)23)11-14-5-2-1-3-6-14/h1-3,5-6,15-17H,4,7-13H2/t16-,17+/m0/s1. The van der Waals surface area contributed by atoms with Crippen LogP contribution in [0.5, 0.6) is 0 Å². The highest BCUT2D eigenvalue weighted by Gasteiger charge is 2.43. The number of carbonyl (C=O) groups is 2. The first-order valence-corrected chi connectivity index (χ1v) is 8.85. The van der Waals surface area contributed by atoms with Crippen LogP contribution in [0.4, 0.5) is 0 Å². The van der Waals surface area contributed by atoms with Crippen LogP contribution in [0.15, 0.2) is 30.3 Å². The van der Waals surface area contributed by atoms with Crippen LogP contribution in [-0.4, -0.2) is 40.7 Å². The highest BCUT2D eigenvalue weighted by atomic mass is 16.2. The molecule has 5 rings (SSSR count). The van der Waals surface area contributed by atoms with E-state index in [4.69, 9.17) is 0 Å². The Hall–Kier alpha value is -1.84. The van der Waals surface area contributed by atoms with Crippen molar-refractivity contribution in [1.29, 1.82) is 0 Å². The van der Waals surface area contributed by atoms with Gasteiger partial charge in [0.2, 0.25) is 11.8 Å². The number of rotatable bonds is 3. The van der Waals surface area contributed by atoms with Gasteiger partial charge in [-0.3, -0.25) is 9.59 Å². The van der Waals surface area contributed by atoms with Gasteiger partial charge < -0.3 is 9.80 Å². The Labute approximate surface area is 137 Å². The summed E-state index contributed by atoms with van der Waals surface area (Å²) in [6.07, 6.45) is 5.20. The monoisotopic (exact) mass is 312 g/mol. The third kappa shape index (κ3) is 2.75. The van der Waals surface area contributed by atoms with Crippen molar-refractivity contribution in [3.63, 3.8) is 0 Å². The third-order valence-corrected chi connectivity index (χ3v) is 5.76. The molecule has 122 valence electrons. The second kappa shape index (κ2) is 5.99. The Balaban J connectivity index is 1.52. The number of nitrogens with zero attached hydrogens (tertiary/aromatic N) is 2.